The smallest absolute Gasteiger partial charge is 0.265 e. The Hall–Kier alpha value is -2.99. The Morgan fingerprint density at radius 2 is 1.93 bits per heavy atom. The van der Waals surface area contributed by atoms with Crippen LogP contribution in [-0.4, -0.2) is 19.1 Å². The van der Waals surface area contributed by atoms with Crippen molar-refractivity contribution in [3.05, 3.63) is 69.9 Å². The number of amides is 1. The Kier molecular flexibility index (Phi) is 4.98. The number of nitrogens with one attached hydrogen (secondary N) is 1. The Morgan fingerprint density at radius 1 is 1.11 bits per heavy atom. The minimum absolute atomic E-state index is 0.154. The molecule has 27 heavy (non-hydrogen) atoms. The van der Waals surface area contributed by atoms with Gasteiger partial charge in [-0.15, -0.1) is 11.3 Å². The van der Waals surface area contributed by atoms with Crippen molar-refractivity contribution < 1.29 is 19.0 Å². The van der Waals surface area contributed by atoms with E-state index < -0.39 is 0 Å². The van der Waals surface area contributed by atoms with Crippen LogP contribution >= 0.6 is 11.3 Å². The molecule has 0 saturated heterocycles. The van der Waals surface area contributed by atoms with Gasteiger partial charge in [0.25, 0.3) is 5.91 Å². The topological polar surface area (TPSA) is 56.8 Å². The van der Waals surface area contributed by atoms with E-state index in [1.54, 1.807) is 18.2 Å². The van der Waals surface area contributed by atoms with Gasteiger partial charge in [-0.05, 0) is 42.1 Å². The Morgan fingerprint density at radius 3 is 2.78 bits per heavy atom. The standard InChI is InChI=1S/C21H19NO4S/c1-14-4-2-3-5-17(14)26-12-15-10-20(27-13-15)21(23)22-16-6-7-18-19(11-16)25-9-8-24-18/h2-7,10-11,13H,8-9,12H2,1H3,(H,22,23). The van der Waals surface area contributed by atoms with Gasteiger partial charge in [-0.2, -0.15) is 0 Å². The number of anilines is 1. The molecule has 0 aliphatic carbocycles. The predicted molar refractivity (Wildman–Crippen MR) is 105 cm³/mol. The van der Waals surface area contributed by atoms with Gasteiger partial charge < -0.3 is 19.5 Å². The summed E-state index contributed by atoms with van der Waals surface area (Å²) in [5, 5.41) is 4.84. The summed E-state index contributed by atoms with van der Waals surface area (Å²) in [6, 6.07) is 15.1. The predicted octanol–water partition coefficient (Wildman–Crippen LogP) is 4.66. The number of carbonyl (C=O) groups excluding carboxylic acids is 1. The van der Waals surface area contributed by atoms with Crippen LogP contribution in [-0.2, 0) is 6.61 Å². The van der Waals surface area contributed by atoms with Crippen molar-refractivity contribution in [2.45, 2.75) is 13.5 Å². The maximum atomic E-state index is 12.5. The molecule has 0 spiro atoms. The summed E-state index contributed by atoms with van der Waals surface area (Å²) in [5.41, 5.74) is 2.73. The number of ether oxygens (including phenoxy) is 3. The molecule has 4 rings (SSSR count). The summed E-state index contributed by atoms with van der Waals surface area (Å²) in [6.07, 6.45) is 0. The second-order valence-corrected chi connectivity index (χ2v) is 7.10. The average Bonchev–Trinajstić information content (AvgIpc) is 3.16. The first-order valence-electron chi connectivity index (χ1n) is 8.66. The molecule has 3 aromatic rings. The fraction of sp³-hybridized carbons (Fsp3) is 0.190. The lowest BCUT2D eigenvalue weighted by atomic mass is 10.2. The normalized spacial score (nSPS) is 12.5. The summed E-state index contributed by atoms with van der Waals surface area (Å²) in [5.74, 6) is 2.05. The van der Waals surface area contributed by atoms with Gasteiger partial charge in [-0.25, -0.2) is 0 Å². The zero-order valence-corrected chi connectivity index (χ0v) is 15.7. The molecule has 0 saturated carbocycles. The van der Waals surface area contributed by atoms with Crippen molar-refractivity contribution in [1.29, 1.82) is 0 Å². The number of carbonyl (C=O) groups is 1. The highest BCUT2D eigenvalue weighted by Crippen LogP contribution is 2.33. The Bertz CT molecular complexity index is 966. The van der Waals surface area contributed by atoms with Crippen LogP contribution in [0.2, 0.25) is 0 Å². The van der Waals surface area contributed by atoms with Gasteiger partial charge in [0.15, 0.2) is 11.5 Å². The number of rotatable bonds is 5. The number of aryl methyl sites for hydroxylation is 1. The average molecular weight is 381 g/mol. The molecule has 0 unspecified atom stereocenters. The van der Waals surface area contributed by atoms with E-state index in [0.29, 0.717) is 41.9 Å². The lowest BCUT2D eigenvalue weighted by molar-refractivity contribution is 0.103. The molecule has 6 heteroatoms. The molecular weight excluding hydrogens is 362 g/mol. The van der Waals surface area contributed by atoms with E-state index in [1.165, 1.54) is 11.3 Å². The van der Waals surface area contributed by atoms with E-state index in [0.717, 1.165) is 16.9 Å². The van der Waals surface area contributed by atoms with Gasteiger partial charge in [0.2, 0.25) is 0 Å². The fourth-order valence-corrected chi connectivity index (χ4v) is 3.56. The van der Waals surface area contributed by atoms with Gasteiger partial charge in [-0.3, -0.25) is 4.79 Å². The molecule has 1 amide bonds. The molecule has 0 atom stereocenters. The van der Waals surface area contributed by atoms with Gasteiger partial charge in [0.1, 0.15) is 25.6 Å². The van der Waals surface area contributed by atoms with Crippen molar-refractivity contribution in [2.75, 3.05) is 18.5 Å². The van der Waals surface area contributed by atoms with Crippen LogP contribution in [0.15, 0.2) is 53.9 Å². The summed E-state index contributed by atoms with van der Waals surface area (Å²) in [6.45, 7) is 3.49. The highest BCUT2D eigenvalue weighted by Gasteiger charge is 2.14. The monoisotopic (exact) mass is 381 g/mol. The van der Waals surface area contributed by atoms with Crippen LogP contribution in [0.5, 0.6) is 17.2 Å². The fourth-order valence-electron chi connectivity index (χ4n) is 2.76. The third-order valence-electron chi connectivity index (χ3n) is 4.17. The van der Waals surface area contributed by atoms with E-state index in [1.807, 2.05) is 42.6 Å². The first kappa shape index (κ1) is 17.4. The molecule has 1 aromatic heterocycles. The van der Waals surface area contributed by atoms with E-state index in [-0.39, 0.29) is 5.91 Å². The van der Waals surface area contributed by atoms with Crippen molar-refractivity contribution in [3.63, 3.8) is 0 Å². The molecule has 0 radical (unpaired) electrons. The maximum absolute atomic E-state index is 12.5. The number of hydrogen-bond acceptors (Lipinski definition) is 5. The number of benzene rings is 2. The molecule has 2 aromatic carbocycles. The number of hydrogen-bond donors (Lipinski definition) is 1. The number of thiophene rings is 1. The Labute approximate surface area is 161 Å². The molecule has 0 bridgehead atoms. The number of fused-ring (bicyclic) bond motifs is 1. The van der Waals surface area contributed by atoms with E-state index in [4.69, 9.17) is 14.2 Å². The van der Waals surface area contributed by atoms with Gasteiger partial charge >= 0.3 is 0 Å². The summed E-state index contributed by atoms with van der Waals surface area (Å²) in [7, 11) is 0. The minimum Gasteiger partial charge on any atom is -0.489 e. The first-order chi connectivity index (χ1) is 13.2. The van der Waals surface area contributed by atoms with Crippen LogP contribution in [0, 0.1) is 6.92 Å². The van der Waals surface area contributed by atoms with E-state index in [9.17, 15) is 4.79 Å². The summed E-state index contributed by atoms with van der Waals surface area (Å²) < 4.78 is 16.9. The Balaban J connectivity index is 1.39. The van der Waals surface area contributed by atoms with Gasteiger partial charge in [0, 0.05) is 17.3 Å². The third kappa shape index (κ3) is 4.06. The molecule has 2 heterocycles. The minimum atomic E-state index is -0.154. The van der Waals surface area contributed by atoms with Crippen LogP contribution in [0.3, 0.4) is 0 Å². The second kappa shape index (κ2) is 7.72. The molecule has 1 aliphatic rings. The maximum Gasteiger partial charge on any atom is 0.265 e. The highest BCUT2D eigenvalue weighted by atomic mass is 32.1. The van der Waals surface area contributed by atoms with Gasteiger partial charge in [-0.1, -0.05) is 18.2 Å². The van der Waals surface area contributed by atoms with Crippen molar-refractivity contribution in [2.24, 2.45) is 0 Å². The molecular formula is C21H19NO4S. The van der Waals surface area contributed by atoms with Crippen molar-refractivity contribution >= 4 is 22.9 Å². The molecule has 5 nitrogen and oxygen atoms in total. The van der Waals surface area contributed by atoms with Crippen LogP contribution < -0.4 is 19.5 Å². The molecule has 1 N–H and O–H groups in total. The van der Waals surface area contributed by atoms with E-state index >= 15 is 0 Å². The molecule has 138 valence electrons. The third-order valence-corrected chi connectivity index (χ3v) is 5.14. The zero-order valence-electron chi connectivity index (χ0n) is 14.9. The van der Waals surface area contributed by atoms with Crippen molar-refractivity contribution in [3.8, 4) is 17.2 Å². The van der Waals surface area contributed by atoms with Crippen LogP contribution in [0.1, 0.15) is 20.8 Å². The lowest BCUT2D eigenvalue weighted by Gasteiger charge is -2.18. The zero-order chi connectivity index (χ0) is 18.6. The van der Waals surface area contributed by atoms with Crippen LogP contribution in [0.25, 0.3) is 0 Å². The van der Waals surface area contributed by atoms with Crippen LogP contribution in [0.4, 0.5) is 5.69 Å². The molecule has 0 fully saturated rings. The highest BCUT2D eigenvalue weighted by molar-refractivity contribution is 7.12. The summed E-state index contributed by atoms with van der Waals surface area (Å²) >= 11 is 1.40. The SMILES string of the molecule is Cc1ccccc1OCc1csc(C(=O)Nc2ccc3c(c2)OCCO3)c1. The van der Waals surface area contributed by atoms with Crippen molar-refractivity contribution in [1.82, 2.24) is 0 Å². The lowest BCUT2D eigenvalue weighted by Crippen LogP contribution is -2.16. The quantitative estimate of drug-likeness (QED) is 0.698. The number of para-hydroxylation sites is 1. The first-order valence-corrected chi connectivity index (χ1v) is 9.54. The van der Waals surface area contributed by atoms with Gasteiger partial charge in [0.05, 0.1) is 4.88 Å². The van der Waals surface area contributed by atoms with E-state index in [2.05, 4.69) is 5.32 Å². The molecule has 1 aliphatic heterocycles. The largest absolute Gasteiger partial charge is 0.489 e. The second-order valence-electron chi connectivity index (χ2n) is 6.19. The summed E-state index contributed by atoms with van der Waals surface area (Å²) in [4.78, 5) is 13.1.